The molecule has 4 rings (SSSR count). The molecule has 0 saturated carbocycles. The Morgan fingerprint density at radius 3 is 2.26 bits per heavy atom. The number of nitrogens with one attached hydrogen (secondary N) is 1. The van der Waals surface area contributed by atoms with Gasteiger partial charge in [0.05, 0.1) is 5.92 Å². The summed E-state index contributed by atoms with van der Waals surface area (Å²) in [6.07, 6.45) is 0.284. The molecule has 2 N–H and O–H groups in total. The third-order valence-corrected chi connectivity index (χ3v) is 7.02. The van der Waals surface area contributed by atoms with E-state index in [2.05, 4.69) is 17.4 Å². The molecule has 2 aliphatic rings. The van der Waals surface area contributed by atoms with Crippen molar-refractivity contribution < 1.29 is 29.0 Å². The Balaban J connectivity index is 1.41. The van der Waals surface area contributed by atoms with Gasteiger partial charge in [0.15, 0.2) is 0 Å². The molecule has 1 fully saturated rings. The number of amides is 2. The van der Waals surface area contributed by atoms with Crippen molar-refractivity contribution >= 4 is 18.0 Å². The molecule has 2 aromatic rings. The van der Waals surface area contributed by atoms with Crippen molar-refractivity contribution in [2.24, 2.45) is 11.8 Å². The van der Waals surface area contributed by atoms with Crippen LogP contribution in [0.3, 0.4) is 0 Å². The molecule has 3 atom stereocenters. The molecule has 8 heteroatoms. The number of carboxylic acid groups (broad SMARTS) is 1. The Kier molecular flexibility index (Phi) is 7.70. The fourth-order valence-electron chi connectivity index (χ4n) is 5.16. The van der Waals surface area contributed by atoms with Crippen LogP contribution in [0.15, 0.2) is 48.5 Å². The van der Waals surface area contributed by atoms with Gasteiger partial charge >= 0.3 is 12.1 Å². The summed E-state index contributed by atoms with van der Waals surface area (Å²) in [5.74, 6) is -2.02. The molecular formula is C27H32N2O6. The van der Waals surface area contributed by atoms with Crippen molar-refractivity contribution in [3.8, 4) is 11.1 Å². The number of methoxy groups -OCH3 is 1. The molecule has 0 aromatic heterocycles. The van der Waals surface area contributed by atoms with Crippen LogP contribution in [0.5, 0.6) is 0 Å². The minimum Gasteiger partial charge on any atom is -0.481 e. The van der Waals surface area contributed by atoms with Crippen LogP contribution in [-0.4, -0.2) is 67.4 Å². The zero-order chi connectivity index (χ0) is 24.9. The second kappa shape index (κ2) is 10.9. The Morgan fingerprint density at radius 1 is 1.06 bits per heavy atom. The van der Waals surface area contributed by atoms with Crippen LogP contribution >= 0.6 is 0 Å². The van der Waals surface area contributed by atoms with Crippen molar-refractivity contribution in [2.45, 2.75) is 31.7 Å². The zero-order valence-corrected chi connectivity index (χ0v) is 20.1. The quantitative estimate of drug-likeness (QED) is 0.533. The fraction of sp³-hybridized carbons (Fsp3) is 0.444. The first-order valence-electron chi connectivity index (χ1n) is 12.0. The average Bonchev–Trinajstić information content (AvgIpc) is 3.40. The number of hydrogen-bond donors (Lipinski definition) is 2. The molecule has 0 spiro atoms. The van der Waals surface area contributed by atoms with Gasteiger partial charge in [-0.15, -0.1) is 0 Å². The number of ether oxygens (including phenoxy) is 2. The van der Waals surface area contributed by atoms with Gasteiger partial charge in [-0.25, -0.2) is 4.79 Å². The summed E-state index contributed by atoms with van der Waals surface area (Å²) in [7, 11) is 1.58. The van der Waals surface area contributed by atoms with E-state index in [1.807, 2.05) is 43.3 Å². The van der Waals surface area contributed by atoms with Crippen molar-refractivity contribution in [3.05, 3.63) is 59.7 Å². The van der Waals surface area contributed by atoms with Gasteiger partial charge in [-0.1, -0.05) is 55.5 Å². The maximum Gasteiger partial charge on any atom is 0.407 e. The molecule has 0 radical (unpaired) electrons. The monoisotopic (exact) mass is 480 g/mol. The number of likely N-dealkylation sites (tertiary alicyclic amines) is 1. The van der Waals surface area contributed by atoms with E-state index in [-0.39, 0.29) is 30.9 Å². The highest BCUT2D eigenvalue weighted by molar-refractivity contribution is 5.87. The van der Waals surface area contributed by atoms with Crippen LogP contribution in [0, 0.1) is 11.8 Å². The number of rotatable bonds is 9. The van der Waals surface area contributed by atoms with E-state index in [9.17, 15) is 19.5 Å². The molecule has 0 bridgehead atoms. The van der Waals surface area contributed by atoms with Gasteiger partial charge in [0.25, 0.3) is 0 Å². The number of benzene rings is 2. The molecule has 2 aromatic carbocycles. The molecule has 2 amide bonds. The molecular weight excluding hydrogens is 448 g/mol. The summed E-state index contributed by atoms with van der Waals surface area (Å²) in [6, 6.07) is 15.4. The van der Waals surface area contributed by atoms with E-state index in [4.69, 9.17) is 9.47 Å². The minimum atomic E-state index is -0.909. The molecule has 1 aliphatic carbocycles. The van der Waals surface area contributed by atoms with Crippen LogP contribution < -0.4 is 5.32 Å². The van der Waals surface area contributed by atoms with Crippen LogP contribution in [0.2, 0.25) is 0 Å². The zero-order valence-electron chi connectivity index (χ0n) is 20.1. The maximum atomic E-state index is 13.2. The smallest absolute Gasteiger partial charge is 0.407 e. The van der Waals surface area contributed by atoms with Crippen LogP contribution in [0.4, 0.5) is 4.79 Å². The van der Waals surface area contributed by atoms with E-state index in [1.54, 1.807) is 7.11 Å². The molecule has 1 heterocycles. The Hall–Kier alpha value is -3.39. The highest BCUT2D eigenvalue weighted by Gasteiger charge is 2.39. The molecule has 35 heavy (non-hydrogen) atoms. The Labute approximate surface area is 205 Å². The largest absolute Gasteiger partial charge is 0.481 e. The Morgan fingerprint density at radius 2 is 1.69 bits per heavy atom. The number of nitrogens with zero attached hydrogens (tertiary/aromatic N) is 1. The lowest BCUT2D eigenvalue weighted by molar-refractivity contribution is -0.142. The second-order valence-corrected chi connectivity index (χ2v) is 9.32. The fourth-order valence-corrected chi connectivity index (χ4v) is 5.16. The van der Waals surface area contributed by atoms with Crippen molar-refractivity contribution in [2.75, 3.05) is 33.4 Å². The topological polar surface area (TPSA) is 105 Å². The van der Waals surface area contributed by atoms with Gasteiger partial charge in [0.1, 0.15) is 12.6 Å². The molecule has 186 valence electrons. The van der Waals surface area contributed by atoms with Crippen molar-refractivity contribution in [1.82, 2.24) is 10.2 Å². The van der Waals surface area contributed by atoms with Gasteiger partial charge in [-0.2, -0.15) is 0 Å². The molecule has 1 saturated heterocycles. The van der Waals surface area contributed by atoms with Gasteiger partial charge in [0, 0.05) is 32.7 Å². The lowest BCUT2D eigenvalue weighted by atomic mass is 9.98. The first kappa shape index (κ1) is 24.7. The lowest BCUT2D eigenvalue weighted by Gasteiger charge is -2.24. The number of aliphatic carboxylic acids is 1. The highest BCUT2D eigenvalue weighted by atomic mass is 16.5. The Bertz CT molecular complexity index is 1040. The summed E-state index contributed by atoms with van der Waals surface area (Å²) in [5, 5.41) is 12.1. The van der Waals surface area contributed by atoms with E-state index < -0.39 is 24.0 Å². The van der Waals surface area contributed by atoms with Gasteiger partial charge in [-0.3, -0.25) is 9.59 Å². The SMILES string of the molecule is COCCCC(NC(=O)OCC1c2ccccc2-c2ccccc21)C(=O)N1C[C@@H](C)[C@H](C(=O)O)C1. The first-order valence-corrected chi connectivity index (χ1v) is 12.0. The number of carbonyl (C=O) groups excluding carboxylic acids is 2. The maximum absolute atomic E-state index is 13.2. The first-order chi connectivity index (χ1) is 16.9. The standard InChI is InChI=1S/C27H32N2O6/c1-17-14-29(15-22(17)26(31)32)25(30)24(12-7-13-34-2)28-27(33)35-16-23-20-10-5-3-8-18(20)19-9-4-6-11-21(19)23/h3-6,8-11,17,22-24H,7,12-16H2,1-2H3,(H,28,33)(H,31,32)/t17-,22-,24?/m1/s1. The predicted octanol–water partition coefficient (Wildman–Crippen LogP) is 3.50. The van der Waals surface area contributed by atoms with E-state index >= 15 is 0 Å². The van der Waals surface area contributed by atoms with E-state index in [0.717, 1.165) is 22.3 Å². The van der Waals surface area contributed by atoms with Gasteiger partial charge in [0.2, 0.25) is 5.91 Å². The lowest BCUT2D eigenvalue weighted by Crippen LogP contribution is -2.48. The van der Waals surface area contributed by atoms with Crippen LogP contribution in [0.1, 0.15) is 36.8 Å². The summed E-state index contributed by atoms with van der Waals surface area (Å²) < 4.78 is 10.7. The summed E-state index contributed by atoms with van der Waals surface area (Å²) in [5.41, 5.74) is 4.50. The molecule has 1 aliphatic heterocycles. The predicted molar refractivity (Wildman–Crippen MR) is 130 cm³/mol. The van der Waals surface area contributed by atoms with Gasteiger partial charge in [-0.05, 0) is 41.0 Å². The number of fused-ring (bicyclic) bond motifs is 3. The summed E-state index contributed by atoms with van der Waals surface area (Å²) in [6.45, 7) is 2.92. The van der Waals surface area contributed by atoms with E-state index in [0.29, 0.717) is 26.0 Å². The number of carbonyl (C=O) groups is 3. The number of alkyl carbamates (subject to hydrolysis) is 1. The summed E-state index contributed by atoms with van der Waals surface area (Å²) >= 11 is 0. The van der Waals surface area contributed by atoms with Crippen molar-refractivity contribution in [3.63, 3.8) is 0 Å². The third kappa shape index (κ3) is 5.32. The normalized spacial score (nSPS) is 19.7. The van der Waals surface area contributed by atoms with Crippen LogP contribution in [0.25, 0.3) is 11.1 Å². The average molecular weight is 481 g/mol. The second-order valence-electron chi connectivity index (χ2n) is 9.32. The molecule has 1 unspecified atom stereocenters. The summed E-state index contributed by atoms with van der Waals surface area (Å²) in [4.78, 5) is 39.0. The third-order valence-electron chi connectivity index (χ3n) is 7.02. The minimum absolute atomic E-state index is 0.0773. The number of hydrogen-bond acceptors (Lipinski definition) is 5. The van der Waals surface area contributed by atoms with E-state index in [1.165, 1.54) is 4.90 Å². The van der Waals surface area contributed by atoms with Crippen LogP contribution in [-0.2, 0) is 19.1 Å². The van der Waals surface area contributed by atoms with Crippen molar-refractivity contribution in [1.29, 1.82) is 0 Å². The molecule has 8 nitrogen and oxygen atoms in total. The van der Waals surface area contributed by atoms with Gasteiger partial charge < -0.3 is 24.8 Å². The number of carboxylic acids is 1. The highest BCUT2D eigenvalue weighted by Crippen LogP contribution is 2.44.